The molecule has 1 saturated heterocycles. The van der Waals surface area contributed by atoms with Gasteiger partial charge in [-0.1, -0.05) is 13.8 Å². The number of rotatable bonds is 1. The van der Waals surface area contributed by atoms with Crippen molar-refractivity contribution in [3.05, 3.63) is 0 Å². The van der Waals surface area contributed by atoms with Gasteiger partial charge in [0, 0.05) is 13.1 Å². The van der Waals surface area contributed by atoms with E-state index < -0.39 is 5.54 Å². The number of nitrogens with zero attached hydrogens (tertiary/aromatic N) is 1. The molecule has 0 aromatic heterocycles. The summed E-state index contributed by atoms with van der Waals surface area (Å²) in [6.07, 6.45) is 1.36. The summed E-state index contributed by atoms with van der Waals surface area (Å²) >= 11 is 0. The average molecular weight is 187 g/mol. The van der Waals surface area contributed by atoms with Gasteiger partial charge in [-0.2, -0.15) is 0 Å². The van der Waals surface area contributed by atoms with Gasteiger partial charge in [0.25, 0.3) is 0 Å². The molecule has 0 atom stereocenters. The fraction of sp³-hybridized carbons (Fsp3) is 0.889. The fourth-order valence-corrected chi connectivity index (χ4v) is 1.26. The van der Waals surface area contributed by atoms with Crippen LogP contribution in [-0.2, 0) is 4.79 Å². The average Bonchev–Trinajstić information content (AvgIpc) is 2.14. The summed E-state index contributed by atoms with van der Waals surface area (Å²) < 4.78 is 0. The number of carbonyl (C=O) groups excluding carboxylic acids is 1. The third-order valence-corrected chi connectivity index (χ3v) is 2.37. The van der Waals surface area contributed by atoms with E-state index >= 15 is 0 Å². The lowest BCUT2D eigenvalue weighted by molar-refractivity contribution is -0.124. The van der Waals surface area contributed by atoms with Crippen LogP contribution in [0, 0.1) is 0 Å². The van der Waals surface area contributed by atoms with E-state index in [1.807, 2.05) is 20.9 Å². The summed E-state index contributed by atoms with van der Waals surface area (Å²) in [7, 11) is 2.01. The number of carbonyl (C=O) groups is 1. The van der Waals surface area contributed by atoms with Crippen LogP contribution in [0.5, 0.6) is 0 Å². The molecule has 1 aliphatic rings. The fourth-order valence-electron chi connectivity index (χ4n) is 1.26. The zero-order chi connectivity index (χ0) is 10.5. The van der Waals surface area contributed by atoms with Crippen LogP contribution in [-0.4, -0.2) is 36.5 Å². The van der Waals surface area contributed by atoms with Gasteiger partial charge in [-0.25, -0.2) is 0 Å². The Kier molecular flexibility index (Phi) is 4.95. The van der Waals surface area contributed by atoms with Crippen molar-refractivity contribution in [1.82, 2.24) is 4.90 Å². The first-order valence-electron chi connectivity index (χ1n) is 4.82. The van der Waals surface area contributed by atoms with Crippen LogP contribution >= 0.6 is 0 Å². The zero-order valence-corrected chi connectivity index (χ0v) is 8.84. The Morgan fingerprint density at radius 3 is 2.00 bits per heavy atom. The van der Waals surface area contributed by atoms with Crippen LogP contribution in [0.4, 0.5) is 0 Å². The maximum absolute atomic E-state index is 10.9. The molecule has 1 rings (SSSR count). The van der Waals surface area contributed by atoms with Crippen molar-refractivity contribution >= 4 is 5.91 Å². The molecule has 0 bridgehead atoms. The Hall–Kier alpha value is -0.610. The number of primary amides is 1. The lowest BCUT2D eigenvalue weighted by Gasteiger charge is -2.34. The molecule has 0 radical (unpaired) electrons. The largest absolute Gasteiger partial charge is 0.368 e. The van der Waals surface area contributed by atoms with E-state index in [-0.39, 0.29) is 5.91 Å². The van der Waals surface area contributed by atoms with Crippen LogP contribution in [0.25, 0.3) is 0 Å². The van der Waals surface area contributed by atoms with Gasteiger partial charge in [0.1, 0.15) is 0 Å². The molecule has 0 saturated carbocycles. The Bertz CT molecular complexity index is 162. The van der Waals surface area contributed by atoms with Crippen molar-refractivity contribution < 1.29 is 4.79 Å². The number of amides is 1. The Morgan fingerprint density at radius 2 is 1.69 bits per heavy atom. The van der Waals surface area contributed by atoms with Gasteiger partial charge in [0.05, 0.1) is 5.54 Å². The molecule has 1 fully saturated rings. The maximum Gasteiger partial charge on any atom is 0.237 e. The molecule has 0 aromatic carbocycles. The van der Waals surface area contributed by atoms with Crippen molar-refractivity contribution in [1.29, 1.82) is 0 Å². The highest BCUT2D eigenvalue weighted by Crippen LogP contribution is 2.17. The summed E-state index contributed by atoms with van der Waals surface area (Å²) in [5, 5.41) is 0. The van der Waals surface area contributed by atoms with Gasteiger partial charge in [-0.3, -0.25) is 4.79 Å². The molecule has 0 spiro atoms. The topological polar surface area (TPSA) is 72.3 Å². The quantitative estimate of drug-likeness (QED) is 0.603. The zero-order valence-electron chi connectivity index (χ0n) is 8.84. The first kappa shape index (κ1) is 12.4. The van der Waals surface area contributed by atoms with E-state index in [9.17, 15) is 4.79 Å². The summed E-state index contributed by atoms with van der Waals surface area (Å²) in [5.41, 5.74) is 10.2. The van der Waals surface area contributed by atoms with Crippen LogP contribution in [0.1, 0.15) is 26.7 Å². The molecule has 0 aliphatic carbocycles. The van der Waals surface area contributed by atoms with Crippen molar-refractivity contribution in [3.8, 4) is 0 Å². The van der Waals surface area contributed by atoms with E-state index in [1.54, 1.807) is 0 Å². The Labute approximate surface area is 80.3 Å². The third-order valence-electron chi connectivity index (χ3n) is 2.37. The second-order valence-electron chi connectivity index (χ2n) is 3.32. The SMILES string of the molecule is CC.CN1CCC(N)(C(N)=O)CC1. The lowest BCUT2D eigenvalue weighted by atomic mass is 9.88. The van der Waals surface area contributed by atoms with Gasteiger partial charge in [-0.05, 0) is 19.9 Å². The van der Waals surface area contributed by atoms with Gasteiger partial charge in [-0.15, -0.1) is 0 Å². The highest BCUT2D eigenvalue weighted by molar-refractivity contribution is 5.84. The molecule has 0 unspecified atom stereocenters. The monoisotopic (exact) mass is 187 g/mol. The van der Waals surface area contributed by atoms with Crippen molar-refractivity contribution in [2.75, 3.05) is 20.1 Å². The van der Waals surface area contributed by atoms with Crippen molar-refractivity contribution in [2.45, 2.75) is 32.2 Å². The highest BCUT2D eigenvalue weighted by atomic mass is 16.1. The Morgan fingerprint density at radius 1 is 1.31 bits per heavy atom. The van der Waals surface area contributed by atoms with E-state index in [0.29, 0.717) is 12.8 Å². The lowest BCUT2D eigenvalue weighted by Crippen LogP contribution is -2.57. The van der Waals surface area contributed by atoms with E-state index in [4.69, 9.17) is 11.5 Å². The highest BCUT2D eigenvalue weighted by Gasteiger charge is 2.34. The van der Waals surface area contributed by atoms with Crippen LogP contribution in [0.3, 0.4) is 0 Å². The number of likely N-dealkylation sites (tertiary alicyclic amines) is 1. The van der Waals surface area contributed by atoms with Crippen LogP contribution in [0.2, 0.25) is 0 Å². The molecule has 4 N–H and O–H groups in total. The van der Waals surface area contributed by atoms with Gasteiger partial charge in [0.15, 0.2) is 0 Å². The molecule has 1 aliphatic heterocycles. The first-order valence-corrected chi connectivity index (χ1v) is 4.82. The Balaban J connectivity index is 0.000000671. The minimum Gasteiger partial charge on any atom is -0.368 e. The predicted octanol–water partition coefficient (Wildman–Crippen LogP) is -0.0790. The van der Waals surface area contributed by atoms with E-state index in [2.05, 4.69) is 4.90 Å². The molecule has 78 valence electrons. The van der Waals surface area contributed by atoms with Gasteiger partial charge < -0.3 is 16.4 Å². The molecule has 4 nitrogen and oxygen atoms in total. The van der Waals surface area contributed by atoms with E-state index in [0.717, 1.165) is 13.1 Å². The standard InChI is InChI=1S/C7H15N3O.C2H6/c1-10-4-2-7(9,3-5-10)6(8)11;1-2/h2-5,9H2,1H3,(H2,8,11);1-2H3. The second kappa shape index (κ2) is 5.19. The maximum atomic E-state index is 10.9. The summed E-state index contributed by atoms with van der Waals surface area (Å²) in [4.78, 5) is 13.0. The molecule has 0 aromatic rings. The molecular weight excluding hydrogens is 166 g/mol. The van der Waals surface area contributed by atoms with Crippen LogP contribution in [0.15, 0.2) is 0 Å². The molecular formula is C9H21N3O. The molecule has 1 amide bonds. The van der Waals surface area contributed by atoms with Gasteiger partial charge in [0.2, 0.25) is 5.91 Å². The summed E-state index contributed by atoms with van der Waals surface area (Å²) in [6, 6.07) is 0. The number of nitrogens with two attached hydrogens (primary N) is 2. The van der Waals surface area contributed by atoms with Crippen LogP contribution < -0.4 is 11.5 Å². The summed E-state index contributed by atoms with van der Waals surface area (Å²) in [5.74, 6) is -0.370. The number of piperidine rings is 1. The number of hydrogen-bond donors (Lipinski definition) is 2. The van der Waals surface area contributed by atoms with Crippen molar-refractivity contribution in [3.63, 3.8) is 0 Å². The smallest absolute Gasteiger partial charge is 0.237 e. The van der Waals surface area contributed by atoms with E-state index in [1.165, 1.54) is 0 Å². The minimum atomic E-state index is -0.744. The van der Waals surface area contributed by atoms with Crippen molar-refractivity contribution in [2.24, 2.45) is 11.5 Å². The second-order valence-corrected chi connectivity index (χ2v) is 3.32. The van der Waals surface area contributed by atoms with Gasteiger partial charge >= 0.3 is 0 Å². The molecule has 4 heteroatoms. The predicted molar refractivity (Wildman–Crippen MR) is 54.2 cm³/mol. The summed E-state index contributed by atoms with van der Waals surface area (Å²) in [6.45, 7) is 5.72. The number of hydrogen-bond acceptors (Lipinski definition) is 3. The minimum absolute atomic E-state index is 0.370. The third kappa shape index (κ3) is 3.32. The molecule has 13 heavy (non-hydrogen) atoms. The first-order chi connectivity index (χ1) is 6.04. The normalized spacial score (nSPS) is 21.5. The molecule has 1 heterocycles.